The molecule has 0 aromatic heterocycles. The zero-order chi connectivity index (χ0) is 11.5. The fourth-order valence-corrected chi connectivity index (χ4v) is 1.94. The van der Waals surface area contributed by atoms with Gasteiger partial charge < -0.3 is 10.1 Å². The normalized spacial score (nSPS) is 25.9. The molecule has 0 heterocycles. The van der Waals surface area contributed by atoms with Crippen LogP contribution in [0.3, 0.4) is 0 Å². The van der Waals surface area contributed by atoms with E-state index in [1.165, 1.54) is 0 Å². The van der Waals surface area contributed by atoms with Crippen LogP contribution in [0.1, 0.15) is 47.0 Å². The highest BCUT2D eigenvalue weighted by Gasteiger charge is 2.31. The minimum absolute atomic E-state index is 0.111. The number of hydrogen-bond donors (Lipinski definition) is 1. The first-order valence-electron chi connectivity index (χ1n) is 5.83. The van der Waals surface area contributed by atoms with Crippen LogP contribution in [0, 0.1) is 5.92 Å². The summed E-state index contributed by atoms with van der Waals surface area (Å²) in [6.07, 6.45) is 3.15. The van der Waals surface area contributed by atoms with Crippen LogP contribution in [-0.4, -0.2) is 24.2 Å². The van der Waals surface area contributed by atoms with Crippen LogP contribution in [0.15, 0.2) is 0 Å². The van der Waals surface area contributed by atoms with E-state index in [1.54, 1.807) is 0 Å². The zero-order valence-electron chi connectivity index (χ0n) is 10.3. The van der Waals surface area contributed by atoms with Gasteiger partial charge in [0.1, 0.15) is 0 Å². The quantitative estimate of drug-likeness (QED) is 0.776. The van der Waals surface area contributed by atoms with Gasteiger partial charge in [-0.2, -0.15) is 0 Å². The summed E-state index contributed by atoms with van der Waals surface area (Å²) < 4.78 is 5.46. The lowest BCUT2D eigenvalue weighted by molar-refractivity contribution is -0.125. The van der Waals surface area contributed by atoms with Crippen LogP contribution >= 0.6 is 0 Å². The fourth-order valence-electron chi connectivity index (χ4n) is 1.94. The Bertz CT molecular complexity index is 214. The van der Waals surface area contributed by atoms with E-state index in [0.717, 1.165) is 19.4 Å². The van der Waals surface area contributed by atoms with Gasteiger partial charge in [-0.1, -0.05) is 0 Å². The van der Waals surface area contributed by atoms with E-state index in [4.69, 9.17) is 4.74 Å². The molecule has 0 aromatic rings. The van der Waals surface area contributed by atoms with Crippen molar-refractivity contribution in [3.05, 3.63) is 0 Å². The van der Waals surface area contributed by atoms with E-state index < -0.39 is 0 Å². The van der Waals surface area contributed by atoms with Crippen molar-refractivity contribution in [2.75, 3.05) is 6.61 Å². The Morgan fingerprint density at radius 2 is 2.00 bits per heavy atom. The molecule has 1 aliphatic rings. The minimum Gasteiger partial charge on any atom is -0.378 e. The molecule has 0 aromatic carbocycles. The lowest BCUT2D eigenvalue weighted by Gasteiger charge is -2.35. The summed E-state index contributed by atoms with van der Waals surface area (Å²) in [6.45, 7) is 8.82. The van der Waals surface area contributed by atoms with E-state index in [1.807, 2.05) is 27.7 Å². The number of nitrogens with one attached hydrogen (secondary N) is 1. The van der Waals surface area contributed by atoms with Gasteiger partial charge in [0.25, 0.3) is 0 Å². The van der Waals surface area contributed by atoms with E-state index in [0.29, 0.717) is 18.4 Å². The first kappa shape index (κ1) is 12.5. The minimum atomic E-state index is -0.111. The van der Waals surface area contributed by atoms with Crippen LogP contribution in [0.5, 0.6) is 0 Å². The van der Waals surface area contributed by atoms with Crippen molar-refractivity contribution in [2.24, 2.45) is 5.92 Å². The molecular weight excluding hydrogens is 190 g/mol. The highest BCUT2D eigenvalue weighted by Crippen LogP contribution is 2.32. The Labute approximate surface area is 92.6 Å². The summed E-state index contributed by atoms with van der Waals surface area (Å²) >= 11 is 0. The van der Waals surface area contributed by atoms with Crippen molar-refractivity contribution in [3.63, 3.8) is 0 Å². The van der Waals surface area contributed by atoms with Crippen molar-refractivity contribution in [1.82, 2.24) is 5.32 Å². The predicted molar refractivity (Wildman–Crippen MR) is 60.7 cm³/mol. The summed E-state index contributed by atoms with van der Waals surface area (Å²) in [5.41, 5.74) is -0.111. The van der Waals surface area contributed by atoms with Crippen molar-refractivity contribution in [2.45, 2.75) is 58.6 Å². The van der Waals surface area contributed by atoms with Crippen LogP contribution < -0.4 is 5.32 Å². The first-order chi connectivity index (χ1) is 6.90. The van der Waals surface area contributed by atoms with Crippen LogP contribution in [0.25, 0.3) is 0 Å². The topological polar surface area (TPSA) is 38.3 Å². The number of amides is 1. The molecule has 0 unspecified atom stereocenters. The molecule has 15 heavy (non-hydrogen) atoms. The summed E-state index contributed by atoms with van der Waals surface area (Å²) in [6, 6.07) is 0. The molecule has 1 aliphatic carbocycles. The van der Waals surface area contributed by atoms with Gasteiger partial charge in [-0.05, 0) is 46.5 Å². The van der Waals surface area contributed by atoms with E-state index in [-0.39, 0.29) is 11.4 Å². The molecular formula is C12H23NO2. The molecule has 88 valence electrons. The average molecular weight is 213 g/mol. The first-order valence-corrected chi connectivity index (χ1v) is 5.83. The molecule has 0 atom stereocenters. The third-order valence-corrected chi connectivity index (χ3v) is 2.58. The second-order valence-corrected chi connectivity index (χ2v) is 5.42. The Kier molecular flexibility index (Phi) is 4.14. The summed E-state index contributed by atoms with van der Waals surface area (Å²) in [5.74, 6) is 0.700. The highest BCUT2D eigenvalue weighted by atomic mass is 16.5. The van der Waals surface area contributed by atoms with Crippen LogP contribution in [-0.2, 0) is 9.53 Å². The smallest absolute Gasteiger partial charge is 0.220 e. The molecule has 0 bridgehead atoms. The number of carbonyl (C=O) groups is 1. The van der Waals surface area contributed by atoms with E-state index in [9.17, 15) is 4.79 Å². The fraction of sp³-hybridized carbons (Fsp3) is 0.917. The number of hydrogen-bond acceptors (Lipinski definition) is 2. The molecule has 0 spiro atoms. The molecule has 1 amide bonds. The third-order valence-electron chi connectivity index (χ3n) is 2.58. The molecule has 3 nitrogen and oxygen atoms in total. The van der Waals surface area contributed by atoms with E-state index >= 15 is 0 Å². The number of rotatable bonds is 4. The van der Waals surface area contributed by atoms with Gasteiger partial charge in [0.15, 0.2) is 0 Å². The van der Waals surface area contributed by atoms with Gasteiger partial charge in [-0.15, -0.1) is 0 Å². The maximum atomic E-state index is 11.6. The number of ether oxygens (including phenoxy) is 1. The Morgan fingerprint density at radius 3 is 2.47 bits per heavy atom. The largest absolute Gasteiger partial charge is 0.378 e. The third kappa shape index (κ3) is 4.65. The second kappa shape index (κ2) is 4.97. The van der Waals surface area contributed by atoms with Crippen molar-refractivity contribution >= 4 is 5.91 Å². The number of carbonyl (C=O) groups excluding carboxylic acids is 1. The van der Waals surface area contributed by atoms with Gasteiger partial charge in [-0.3, -0.25) is 4.79 Å². The Hall–Kier alpha value is -0.570. The molecule has 3 heteroatoms. The van der Waals surface area contributed by atoms with Crippen LogP contribution in [0.2, 0.25) is 0 Å². The van der Waals surface area contributed by atoms with E-state index in [2.05, 4.69) is 5.32 Å². The van der Waals surface area contributed by atoms with Crippen molar-refractivity contribution < 1.29 is 9.53 Å². The summed E-state index contributed by atoms with van der Waals surface area (Å²) in [7, 11) is 0. The Morgan fingerprint density at radius 1 is 1.40 bits per heavy atom. The predicted octanol–water partition coefficient (Wildman–Crippen LogP) is 2.11. The molecule has 1 fully saturated rings. The van der Waals surface area contributed by atoms with Crippen molar-refractivity contribution in [1.29, 1.82) is 0 Å². The maximum Gasteiger partial charge on any atom is 0.220 e. The molecule has 0 aliphatic heterocycles. The lowest BCUT2D eigenvalue weighted by Crippen LogP contribution is -2.43. The molecule has 1 rings (SSSR count). The summed E-state index contributed by atoms with van der Waals surface area (Å²) in [4.78, 5) is 11.6. The molecule has 1 N–H and O–H groups in total. The SMILES string of the molecule is CCOC1CC(CC(=O)NC(C)(C)C)C1. The monoisotopic (exact) mass is 213 g/mol. The van der Waals surface area contributed by atoms with Gasteiger partial charge in [-0.25, -0.2) is 0 Å². The van der Waals surface area contributed by atoms with Gasteiger partial charge in [0, 0.05) is 18.6 Å². The maximum absolute atomic E-state index is 11.6. The van der Waals surface area contributed by atoms with Gasteiger partial charge in [0.05, 0.1) is 6.10 Å². The molecule has 1 saturated carbocycles. The summed E-state index contributed by atoms with van der Waals surface area (Å²) in [5, 5.41) is 2.99. The van der Waals surface area contributed by atoms with Gasteiger partial charge >= 0.3 is 0 Å². The second-order valence-electron chi connectivity index (χ2n) is 5.42. The zero-order valence-corrected chi connectivity index (χ0v) is 10.3. The lowest BCUT2D eigenvalue weighted by atomic mass is 9.79. The standard InChI is InChI=1S/C12H23NO2/c1-5-15-10-6-9(7-10)8-11(14)13-12(2,3)4/h9-10H,5-8H2,1-4H3,(H,13,14). The Balaban J connectivity index is 2.14. The average Bonchev–Trinajstić information content (AvgIpc) is 1.97. The van der Waals surface area contributed by atoms with Crippen LogP contribution in [0.4, 0.5) is 0 Å². The van der Waals surface area contributed by atoms with Crippen molar-refractivity contribution in [3.8, 4) is 0 Å². The highest BCUT2D eigenvalue weighted by molar-refractivity contribution is 5.77. The molecule has 0 radical (unpaired) electrons. The van der Waals surface area contributed by atoms with Gasteiger partial charge in [0.2, 0.25) is 5.91 Å². The molecule has 0 saturated heterocycles.